The van der Waals surface area contributed by atoms with Gasteiger partial charge in [-0.15, -0.1) is 0 Å². The van der Waals surface area contributed by atoms with E-state index in [0.29, 0.717) is 5.78 Å². The molecule has 0 saturated heterocycles. The van der Waals surface area contributed by atoms with E-state index < -0.39 is 0 Å². The lowest BCUT2D eigenvalue weighted by molar-refractivity contribution is 0.948. The van der Waals surface area contributed by atoms with Crippen LogP contribution in [-0.4, -0.2) is 19.6 Å². The van der Waals surface area contributed by atoms with Crippen molar-refractivity contribution in [1.29, 1.82) is 0 Å². The van der Waals surface area contributed by atoms with E-state index in [1.165, 1.54) is 17.1 Å². The molecule has 19 heavy (non-hydrogen) atoms. The van der Waals surface area contributed by atoms with Crippen LogP contribution in [0.3, 0.4) is 0 Å². The summed E-state index contributed by atoms with van der Waals surface area (Å²) in [5.74, 6) is 0.616. The molecule has 0 fully saturated rings. The average Bonchev–Trinajstić information content (AvgIpc) is 2.95. The van der Waals surface area contributed by atoms with Crippen LogP contribution >= 0.6 is 0 Å². The molecule has 0 atom stereocenters. The third-order valence-corrected chi connectivity index (χ3v) is 3.23. The van der Waals surface area contributed by atoms with Crippen molar-refractivity contribution in [2.24, 2.45) is 0 Å². The standard InChI is InChI=1S/C15H10N4/c1-2-4-12-9-13(6-5-11(12)3-1)14-7-8-16-15-17-10-18-19(14)15/h1-10H. The molecule has 0 N–H and O–H groups in total. The smallest absolute Gasteiger partial charge is 0.220 e. The summed E-state index contributed by atoms with van der Waals surface area (Å²) in [6.45, 7) is 0. The zero-order chi connectivity index (χ0) is 12.7. The summed E-state index contributed by atoms with van der Waals surface area (Å²) in [5.41, 5.74) is 2.10. The summed E-state index contributed by atoms with van der Waals surface area (Å²) in [6.07, 6.45) is 3.28. The zero-order valence-electron chi connectivity index (χ0n) is 10.1. The third-order valence-electron chi connectivity index (χ3n) is 3.23. The molecule has 0 spiro atoms. The predicted molar refractivity (Wildman–Crippen MR) is 73.7 cm³/mol. The summed E-state index contributed by atoms with van der Waals surface area (Å²) >= 11 is 0. The lowest BCUT2D eigenvalue weighted by atomic mass is 10.1. The molecular formula is C15H10N4. The van der Waals surface area contributed by atoms with Gasteiger partial charge in [-0.25, -0.2) is 4.98 Å². The lowest BCUT2D eigenvalue weighted by Gasteiger charge is -2.05. The second kappa shape index (κ2) is 3.88. The Bertz CT molecular complexity index is 879. The number of fused-ring (bicyclic) bond motifs is 2. The number of nitrogens with zero attached hydrogens (tertiary/aromatic N) is 4. The van der Waals surface area contributed by atoms with E-state index in [0.717, 1.165) is 11.3 Å². The van der Waals surface area contributed by atoms with Gasteiger partial charge >= 0.3 is 0 Å². The lowest BCUT2D eigenvalue weighted by Crippen LogP contribution is -1.95. The fraction of sp³-hybridized carbons (Fsp3) is 0. The van der Waals surface area contributed by atoms with E-state index >= 15 is 0 Å². The average molecular weight is 246 g/mol. The van der Waals surface area contributed by atoms with E-state index in [4.69, 9.17) is 0 Å². The molecule has 4 rings (SSSR count). The molecule has 0 unspecified atom stereocenters. The minimum absolute atomic E-state index is 0.616. The molecule has 0 radical (unpaired) electrons. The van der Waals surface area contributed by atoms with E-state index in [9.17, 15) is 0 Å². The molecule has 0 aliphatic rings. The third kappa shape index (κ3) is 1.57. The minimum atomic E-state index is 0.616. The monoisotopic (exact) mass is 246 g/mol. The van der Waals surface area contributed by atoms with Crippen LogP contribution in [-0.2, 0) is 0 Å². The Kier molecular flexibility index (Phi) is 2.08. The van der Waals surface area contributed by atoms with Gasteiger partial charge in [0.2, 0.25) is 0 Å². The van der Waals surface area contributed by atoms with Gasteiger partial charge in [-0.3, -0.25) is 0 Å². The van der Waals surface area contributed by atoms with Gasteiger partial charge in [-0.2, -0.15) is 14.6 Å². The quantitative estimate of drug-likeness (QED) is 0.518. The molecule has 90 valence electrons. The van der Waals surface area contributed by atoms with E-state index in [1.807, 2.05) is 18.2 Å². The maximum absolute atomic E-state index is 4.22. The minimum Gasteiger partial charge on any atom is -0.220 e. The number of rotatable bonds is 1. The summed E-state index contributed by atoms with van der Waals surface area (Å²) < 4.78 is 1.75. The highest BCUT2D eigenvalue weighted by atomic mass is 15.3. The van der Waals surface area contributed by atoms with Crippen molar-refractivity contribution in [3.63, 3.8) is 0 Å². The largest absolute Gasteiger partial charge is 0.252 e. The SMILES string of the molecule is c1ccc2cc(-c3ccnc4ncnn34)ccc2c1. The first-order valence-electron chi connectivity index (χ1n) is 6.06. The summed E-state index contributed by atoms with van der Waals surface area (Å²) in [7, 11) is 0. The van der Waals surface area contributed by atoms with Gasteiger partial charge in [0, 0.05) is 11.8 Å². The molecular weight excluding hydrogens is 236 g/mol. The molecule has 4 nitrogen and oxygen atoms in total. The molecule has 0 amide bonds. The molecule has 0 aliphatic heterocycles. The first-order chi connectivity index (χ1) is 9.42. The van der Waals surface area contributed by atoms with Gasteiger partial charge in [-0.1, -0.05) is 36.4 Å². The van der Waals surface area contributed by atoms with E-state index in [2.05, 4.69) is 45.4 Å². The van der Waals surface area contributed by atoms with Crippen molar-refractivity contribution in [2.45, 2.75) is 0 Å². The number of hydrogen-bond donors (Lipinski definition) is 0. The Morgan fingerprint density at radius 1 is 0.842 bits per heavy atom. The highest BCUT2D eigenvalue weighted by Gasteiger charge is 2.06. The number of hydrogen-bond acceptors (Lipinski definition) is 3. The van der Waals surface area contributed by atoms with Gasteiger partial charge in [0.05, 0.1) is 5.69 Å². The van der Waals surface area contributed by atoms with Crippen LogP contribution in [0.25, 0.3) is 27.8 Å². The fourth-order valence-corrected chi connectivity index (χ4v) is 2.31. The van der Waals surface area contributed by atoms with Crippen molar-refractivity contribution in [3.8, 4) is 11.3 Å². The zero-order valence-corrected chi connectivity index (χ0v) is 10.1. The number of benzene rings is 2. The van der Waals surface area contributed by atoms with Crippen molar-refractivity contribution >= 4 is 16.6 Å². The van der Waals surface area contributed by atoms with Gasteiger partial charge < -0.3 is 0 Å². The molecule has 0 bridgehead atoms. The highest BCUT2D eigenvalue weighted by molar-refractivity contribution is 5.86. The number of aromatic nitrogens is 4. The van der Waals surface area contributed by atoms with Crippen LogP contribution in [0.2, 0.25) is 0 Å². The first-order valence-corrected chi connectivity index (χ1v) is 6.06. The first kappa shape index (κ1) is 10.2. The molecule has 4 aromatic rings. The summed E-state index contributed by atoms with van der Waals surface area (Å²) in [6, 6.07) is 16.6. The van der Waals surface area contributed by atoms with Crippen molar-refractivity contribution in [3.05, 3.63) is 61.1 Å². The van der Waals surface area contributed by atoms with Gasteiger partial charge in [0.15, 0.2) is 0 Å². The van der Waals surface area contributed by atoms with Crippen LogP contribution in [0.4, 0.5) is 0 Å². The van der Waals surface area contributed by atoms with Crippen molar-refractivity contribution in [2.75, 3.05) is 0 Å². The Balaban J connectivity index is 2.01. The van der Waals surface area contributed by atoms with Crippen LogP contribution in [0.15, 0.2) is 61.1 Å². The van der Waals surface area contributed by atoms with Gasteiger partial charge in [0.1, 0.15) is 6.33 Å². The maximum atomic E-state index is 4.22. The Morgan fingerprint density at radius 3 is 2.68 bits per heavy atom. The van der Waals surface area contributed by atoms with Crippen LogP contribution < -0.4 is 0 Å². The molecule has 0 aliphatic carbocycles. The van der Waals surface area contributed by atoms with Gasteiger partial charge in [-0.05, 0) is 22.9 Å². The normalized spacial score (nSPS) is 11.2. The van der Waals surface area contributed by atoms with E-state index in [-0.39, 0.29) is 0 Å². The van der Waals surface area contributed by atoms with Crippen molar-refractivity contribution in [1.82, 2.24) is 19.6 Å². The van der Waals surface area contributed by atoms with Crippen molar-refractivity contribution < 1.29 is 0 Å². The molecule has 4 heteroatoms. The van der Waals surface area contributed by atoms with Crippen LogP contribution in [0, 0.1) is 0 Å². The maximum Gasteiger partial charge on any atom is 0.252 e. The fourth-order valence-electron chi connectivity index (χ4n) is 2.31. The Labute approximate surface area is 109 Å². The molecule has 2 aromatic heterocycles. The topological polar surface area (TPSA) is 43.1 Å². The van der Waals surface area contributed by atoms with Gasteiger partial charge in [0.25, 0.3) is 5.78 Å². The second-order valence-corrected chi connectivity index (χ2v) is 4.36. The Hall–Kier alpha value is -2.75. The van der Waals surface area contributed by atoms with Crippen LogP contribution in [0.5, 0.6) is 0 Å². The highest BCUT2D eigenvalue weighted by Crippen LogP contribution is 2.23. The second-order valence-electron chi connectivity index (χ2n) is 4.36. The molecule has 2 heterocycles. The summed E-state index contributed by atoms with van der Waals surface area (Å²) in [5, 5.41) is 6.66. The summed E-state index contributed by atoms with van der Waals surface area (Å²) in [4.78, 5) is 8.29. The molecule has 0 saturated carbocycles. The van der Waals surface area contributed by atoms with E-state index in [1.54, 1.807) is 10.7 Å². The predicted octanol–water partition coefficient (Wildman–Crippen LogP) is 2.94. The Morgan fingerprint density at radius 2 is 1.74 bits per heavy atom. The van der Waals surface area contributed by atoms with Crippen LogP contribution in [0.1, 0.15) is 0 Å². The molecule has 2 aromatic carbocycles.